The third-order valence-electron chi connectivity index (χ3n) is 4.70. The van der Waals surface area contributed by atoms with Crippen molar-refractivity contribution >= 4 is 24.8 Å². The smallest absolute Gasteiger partial charge is 0.165 e. The quantitative estimate of drug-likeness (QED) is 0.876. The second kappa shape index (κ2) is 8.34. The molecular weight excluding hydrogens is 326 g/mol. The van der Waals surface area contributed by atoms with Crippen LogP contribution in [-0.4, -0.2) is 36.2 Å². The first-order valence-corrected chi connectivity index (χ1v) is 7.60. The van der Waals surface area contributed by atoms with E-state index >= 15 is 0 Å². The molecule has 1 saturated carbocycles. The minimum atomic E-state index is -0.487. The molecule has 126 valence electrons. The number of halogens is 3. The minimum absolute atomic E-state index is 0. The normalized spacial score (nSPS) is 20.5. The summed E-state index contributed by atoms with van der Waals surface area (Å²) in [6.45, 7) is 5.77. The van der Waals surface area contributed by atoms with Gasteiger partial charge >= 0.3 is 0 Å². The van der Waals surface area contributed by atoms with Crippen LogP contribution in [0.4, 0.5) is 4.39 Å². The Morgan fingerprint density at radius 1 is 1.23 bits per heavy atom. The zero-order valence-corrected chi connectivity index (χ0v) is 14.5. The van der Waals surface area contributed by atoms with Crippen molar-refractivity contribution in [1.82, 2.24) is 10.2 Å². The van der Waals surface area contributed by atoms with Gasteiger partial charge in [0.15, 0.2) is 11.6 Å². The molecule has 0 aromatic heterocycles. The summed E-state index contributed by atoms with van der Waals surface area (Å²) in [7, 11) is 0. The number of rotatable bonds is 3. The molecule has 0 amide bonds. The van der Waals surface area contributed by atoms with Gasteiger partial charge in [-0.15, -0.1) is 24.8 Å². The van der Waals surface area contributed by atoms with Gasteiger partial charge in [-0.3, -0.25) is 4.90 Å². The van der Waals surface area contributed by atoms with Crippen molar-refractivity contribution in [1.29, 1.82) is 0 Å². The highest BCUT2D eigenvalue weighted by Crippen LogP contribution is 2.44. The molecule has 22 heavy (non-hydrogen) atoms. The highest BCUT2D eigenvalue weighted by Gasteiger charge is 2.35. The first-order valence-electron chi connectivity index (χ1n) is 7.60. The first kappa shape index (κ1) is 19.5. The number of hydrogen-bond donors (Lipinski definition) is 2. The average Bonchev–Trinajstić information content (AvgIpc) is 2.39. The van der Waals surface area contributed by atoms with Gasteiger partial charge in [-0.1, -0.05) is 12.5 Å². The molecule has 0 unspecified atom stereocenters. The Labute approximate surface area is 144 Å². The number of piperazine rings is 1. The summed E-state index contributed by atoms with van der Waals surface area (Å²) in [6, 6.07) is 3.54. The monoisotopic (exact) mass is 350 g/mol. The number of nitrogens with one attached hydrogen (secondary N) is 1. The van der Waals surface area contributed by atoms with E-state index in [0.717, 1.165) is 37.3 Å². The van der Waals surface area contributed by atoms with Gasteiger partial charge in [-0.25, -0.2) is 4.39 Å². The summed E-state index contributed by atoms with van der Waals surface area (Å²) in [6.07, 6.45) is 3.62. The largest absolute Gasteiger partial charge is 0.505 e. The van der Waals surface area contributed by atoms with Gasteiger partial charge in [0.1, 0.15) is 0 Å². The summed E-state index contributed by atoms with van der Waals surface area (Å²) in [4.78, 5) is 2.41. The summed E-state index contributed by atoms with van der Waals surface area (Å²) in [5, 5.41) is 13.5. The van der Waals surface area contributed by atoms with E-state index in [1.807, 2.05) is 13.0 Å². The Bertz CT molecular complexity index is 491. The Balaban J connectivity index is 0.00000121. The zero-order chi connectivity index (χ0) is 14.1. The number of phenolic OH excluding ortho intramolecular Hbond substituents is 1. The maximum Gasteiger partial charge on any atom is 0.165 e. The van der Waals surface area contributed by atoms with Crippen molar-refractivity contribution < 1.29 is 9.50 Å². The van der Waals surface area contributed by atoms with Crippen LogP contribution in [0.3, 0.4) is 0 Å². The fourth-order valence-electron chi connectivity index (χ4n) is 3.45. The van der Waals surface area contributed by atoms with Crippen LogP contribution in [0.15, 0.2) is 12.1 Å². The van der Waals surface area contributed by atoms with Crippen molar-refractivity contribution in [2.24, 2.45) is 5.92 Å². The third kappa shape index (κ3) is 3.85. The molecule has 1 aromatic rings. The number of benzene rings is 1. The highest BCUT2D eigenvalue weighted by molar-refractivity contribution is 5.85. The van der Waals surface area contributed by atoms with Crippen molar-refractivity contribution in [2.75, 3.05) is 26.2 Å². The zero-order valence-electron chi connectivity index (χ0n) is 12.8. The van der Waals surface area contributed by atoms with E-state index in [9.17, 15) is 9.50 Å². The average molecular weight is 351 g/mol. The Hall–Kier alpha value is -0.550. The Morgan fingerprint density at radius 3 is 2.41 bits per heavy atom. The molecule has 2 N–H and O–H groups in total. The van der Waals surface area contributed by atoms with Crippen molar-refractivity contribution in [3.05, 3.63) is 29.1 Å². The molecule has 3 rings (SSSR count). The lowest BCUT2D eigenvalue weighted by molar-refractivity contribution is 0.0815. The molecule has 6 heteroatoms. The number of aromatic hydroxyl groups is 1. The standard InChI is InChI=1S/C16H23FN2O.2ClH/c1-11-9-13(16(20)14(17)10-11)15(12-3-2-4-12)19-7-5-18-6-8-19;;/h9-10,12,15,18,20H,2-8H2,1H3;2*1H/t15-;;/m0../s1. The van der Waals surface area contributed by atoms with E-state index in [4.69, 9.17) is 0 Å². The van der Waals surface area contributed by atoms with Gasteiger partial charge in [0.05, 0.1) is 0 Å². The second-order valence-corrected chi connectivity index (χ2v) is 6.11. The molecule has 1 aliphatic heterocycles. The van der Waals surface area contributed by atoms with Crippen molar-refractivity contribution in [3.8, 4) is 5.75 Å². The van der Waals surface area contributed by atoms with Crippen LogP contribution in [0.25, 0.3) is 0 Å². The van der Waals surface area contributed by atoms with E-state index in [0.29, 0.717) is 5.92 Å². The van der Waals surface area contributed by atoms with Gasteiger partial charge in [-0.2, -0.15) is 0 Å². The predicted molar refractivity (Wildman–Crippen MR) is 91.8 cm³/mol. The van der Waals surface area contributed by atoms with Gasteiger partial charge in [0, 0.05) is 37.8 Å². The number of phenols is 1. The number of hydrogen-bond acceptors (Lipinski definition) is 3. The van der Waals surface area contributed by atoms with Gasteiger partial charge in [0.25, 0.3) is 0 Å². The minimum Gasteiger partial charge on any atom is -0.505 e. The van der Waals surface area contributed by atoms with E-state index in [1.165, 1.54) is 25.3 Å². The van der Waals surface area contributed by atoms with Crippen LogP contribution in [0.5, 0.6) is 5.75 Å². The molecule has 1 saturated heterocycles. The molecule has 0 spiro atoms. The van der Waals surface area contributed by atoms with Crippen LogP contribution >= 0.6 is 24.8 Å². The van der Waals surface area contributed by atoms with Crippen molar-refractivity contribution in [3.63, 3.8) is 0 Å². The second-order valence-electron chi connectivity index (χ2n) is 6.11. The van der Waals surface area contributed by atoms with Crippen LogP contribution in [-0.2, 0) is 0 Å². The highest BCUT2D eigenvalue weighted by atomic mass is 35.5. The fourth-order valence-corrected chi connectivity index (χ4v) is 3.45. The van der Waals surface area contributed by atoms with Crippen molar-refractivity contribution in [2.45, 2.75) is 32.2 Å². The number of aryl methyl sites for hydroxylation is 1. The van der Waals surface area contributed by atoms with E-state index in [1.54, 1.807) is 0 Å². The molecule has 2 fully saturated rings. The van der Waals surface area contributed by atoms with Crippen LogP contribution in [0, 0.1) is 18.7 Å². The first-order chi connectivity index (χ1) is 9.66. The Kier molecular flexibility index (Phi) is 7.39. The van der Waals surface area contributed by atoms with Gasteiger partial charge in [0.2, 0.25) is 0 Å². The van der Waals surface area contributed by atoms with E-state index < -0.39 is 5.82 Å². The lowest BCUT2D eigenvalue weighted by Gasteiger charge is -2.43. The molecule has 1 aromatic carbocycles. The molecule has 1 atom stereocenters. The SMILES string of the molecule is Cc1cc(F)c(O)c([C@H](C2CCC2)N2CCNCC2)c1.Cl.Cl. The maximum atomic E-state index is 13.9. The van der Waals surface area contributed by atoms with Gasteiger partial charge in [-0.05, 0) is 37.3 Å². The molecule has 0 bridgehead atoms. The molecule has 3 nitrogen and oxygen atoms in total. The Morgan fingerprint density at radius 2 is 1.86 bits per heavy atom. The number of nitrogens with zero attached hydrogens (tertiary/aromatic N) is 1. The summed E-state index contributed by atoms with van der Waals surface area (Å²) in [5.41, 5.74) is 1.67. The third-order valence-corrected chi connectivity index (χ3v) is 4.70. The predicted octanol–water partition coefficient (Wildman–Crippen LogP) is 3.43. The fraction of sp³-hybridized carbons (Fsp3) is 0.625. The van der Waals surface area contributed by atoms with Crippen LogP contribution in [0.2, 0.25) is 0 Å². The van der Waals surface area contributed by atoms with E-state index in [-0.39, 0.29) is 36.6 Å². The lowest BCUT2D eigenvalue weighted by atomic mass is 9.76. The van der Waals surface area contributed by atoms with Crippen LogP contribution in [0.1, 0.15) is 36.4 Å². The molecular formula is C16H25Cl2FN2O. The molecule has 1 aliphatic carbocycles. The molecule has 1 heterocycles. The van der Waals surface area contributed by atoms with Gasteiger partial charge < -0.3 is 10.4 Å². The molecule has 0 radical (unpaired) electrons. The lowest BCUT2D eigenvalue weighted by Crippen LogP contribution is -2.47. The topological polar surface area (TPSA) is 35.5 Å². The summed E-state index contributed by atoms with van der Waals surface area (Å²) in [5.74, 6) is -0.0781. The van der Waals surface area contributed by atoms with Crippen LogP contribution < -0.4 is 5.32 Å². The van der Waals surface area contributed by atoms with E-state index in [2.05, 4.69) is 10.2 Å². The maximum absolute atomic E-state index is 13.9. The molecule has 2 aliphatic rings. The summed E-state index contributed by atoms with van der Waals surface area (Å²) >= 11 is 0. The summed E-state index contributed by atoms with van der Waals surface area (Å²) < 4.78 is 13.9.